The Balaban J connectivity index is 3.39. The van der Waals surface area contributed by atoms with Crippen LogP contribution < -0.4 is 4.74 Å². The lowest BCUT2D eigenvalue weighted by Crippen LogP contribution is -2.19. The van der Waals surface area contributed by atoms with Gasteiger partial charge >= 0.3 is 12.3 Å². The van der Waals surface area contributed by atoms with Gasteiger partial charge in [-0.3, -0.25) is 0 Å². The Morgan fingerprint density at radius 3 is 2.50 bits per heavy atom. The van der Waals surface area contributed by atoms with Gasteiger partial charge in [-0.2, -0.15) is 5.26 Å². The normalized spacial score (nSPS) is 10.8. The van der Waals surface area contributed by atoms with E-state index in [9.17, 15) is 18.0 Å². The van der Waals surface area contributed by atoms with Gasteiger partial charge in [0.1, 0.15) is 11.3 Å². The van der Waals surface area contributed by atoms with E-state index in [4.69, 9.17) is 22.0 Å². The van der Waals surface area contributed by atoms with Crippen LogP contribution in [0.5, 0.6) is 5.75 Å². The van der Waals surface area contributed by atoms with E-state index in [1.807, 2.05) is 0 Å². The van der Waals surface area contributed by atoms with Crippen LogP contribution in [0, 0.1) is 11.3 Å². The van der Waals surface area contributed by atoms with E-state index in [0.29, 0.717) is 6.07 Å². The molecule has 0 aliphatic rings. The summed E-state index contributed by atoms with van der Waals surface area (Å²) in [6.07, 6.45) is -5.04. The summed E-state index contributed by atoms with van der Waals surface area (Å²) in [7, 11) is 0. The van der Waals surface area contributed by atoms with Crippen LogP contribution in [0.15, 0.2) is 12.1 Å². The number of nitrogens with zero attached hydrogens (tertiary/aromatic N) is 1. The Morgan fingerprint density at radius 2 is 2.11 bits per heavy atom. The lowest BCUT2D eigenvalue weighted by atomic mass is 10.0. The van der Waals surface area contributed by atoms with E-state index in [1.54, 1.807) is 6.07 Å². The summed E-state index contributed by atoms with van der Waals surface area (Å²) in [5, 5.41) is 17.5. The number of alkyl halides is 4. The number of benzene rings is 1. The van der Waals surface area contributed by atoms with Crippen LogP contribution in [0.25, 0.3) is 0 Å². The summed E-state index contributed by atoms with van der Waals surface area (Å²) in [4.78, 5) is 10.8. The molecule has 0 bridgehead atoms. The van der Waals surface area contributed by atoms with Crippen LogP contribution in [0.4, 0.5) is 13.2 Å². The van der Waals surface area contributed by atoms with Crippen molar-refractivity contribution in [1.29, 1.82) is 5.26 Å². The van der Waals surface area contributed by atoms with Crippen LogP contribution in [-0.2, 0) is 5.88 Å². The third-order valence-electron chi connectivity index (χ3n) is 1.93. The molecule has 0 fully saturated rings. The van der Waals surface area contributed by atoms with Crippen molar-refractivity contribution in [3.63, 3.8) is 0 Å². The SMILES string of the molecule is N#Cc1cc(OC(F)(F)F)c(C(=O)O)cc1CCl. The second kappa shape index (κ2) is 5.14. The minimum Gasteiger partial charge on any atom is -0.478 e. The van der Waals surface area contributed by atoms with Gasteiger partial charge in [0.25, 0.3) is 0 Å². The predicted octanol–water partition coefficient (Wildman–Crippen LogP) is 2.89. The fourth-order valence-electron chi connectivity index (χ4n) is 1.22. The molecule has 0 radical (unpaired) electrons. The quantitative estimate of drug-likeness (QED) is 0.864. The highest BCUT2D eigenvalue weighted by molar-refractivity contribution is 6.17. The number of hydrogen-bond acceptors (Lipinski definition) is 3. The summed E-state index contributed by atoms with van der Waals surface area (Å²) in [6, 6.07) is 3.20. The number of hydrogen-bond donors (Lipinski definition) is 1. The molecule has 0 aliphatic heterocycles. The number of nitriles is 1. The number of ether oxygens (including phenoxy) is 1. The van der Waals surface area contributed by atoms with Crippen molar-refractivity contribution in [1.82, 2.24) is 0 Å². The minimum atomic E-state index is -5.04. The number of carboxylic acid groups (broad SMARTS) is 1. The largest absolute Gasteiger partial charge is 0.573 e. The van der Waals surface area contributed by atoms with Crippen molar-refractivity contribution in [3.05, 3.63) is 28.8 Å². The molecule has 0 spiro atoms. The standard InChI is InChI=1S/C10H5ClF3NO3/c11-3-5-1-7(9(16)17)8(2-6(5)4-15)18-10(12,13)14/h1-2H,3H2,(H,16,17). The molecule has 0 unspecified atom stereocenters. The van der Waals surface area contributed by atoms with Crippen LogP contribution in [0.1, 0.15) is 21.5 Å². The Bertz CT molecular complexity index is 522. The van der Waals surface area contributed by atoms with Crippen molar-refractivity contribution in [2.75, 3.05) is 0 Å². The van der Waals surface area contributed by atoms with Gasteiger partial charge in [-0.1, -0.05) is 0 Å². The molecule has 0 saturated carbocycles. The first-order chi connectivity index (χ1) is 8.28. The van der Waals surface area contributed by atoms with Crippen LogP contribution >= 0.6 is 11.6 Å². The highest BCUT2D eigenvalue weighted by atomic mass is 35.5. The molecule has 0 atom stereocenters. The van der Waals surface area contributed by atoms with E-state index in [1.165, 1.54) is 0 Å². The molecule has 4 nitrogen and oxygen atoms in total. The average molecular weight is 280 g/mol. The van der Waals surface area contributed by atoms with Gasteiger partial charge in [-0.05, 0) is 17.7 Å². The van der Waals surface area contributed by atoms with Crippen molar-refractivity contribution in [2.45, 2.75) is 12.2 Å². The van der Waals surface area contributed by atoms with Crippen molar-refractivity contribution in [3.8, 4) is 11.8 Å². The first-order valence-corrected chi connectivity index (χ1v) is 4.94. The zero-order valence-electron chi connectivity index (χ0n) is 8.58. The number of carbonyl (C=O) groups is 1. The predicted molar refractivity (Wildman–Crippen MR) is 54.4 cm³/mol. The Kier molecular flexibility index (Phi) is 4.03. The van der Waals surface area contributed by atoms with E-state index in [2.05, 4.69) is 4.74 Å². The Morgan fingerprint density at radius 1 is 1.50 bits per heavy atom. The van der Waals surface area contributed by atoms with Crippen LogP contribution in [0.2, 0.25) is 0 Å². The molecule has 18 heavy (non-hydrogen) atoms. The van der Waals surface area contributed by atoms with E-state index >= 15 is 0 Å². The number of rotatable bonds is 3. The maximum absolute atomic E-state index is 12.1. The molecule has 0 amide bonds. The number of aromatic carboxylic acids is 1. The average Bonchev–Trinajstić information content (AvgIpc) is 2.25. The van der Waals surface area contributed by atoms with Crippen LogP contribution in [-0.4, -0.2) is 17.4 Å². The molecule has 1 aromatic carbocycles. The first kappa shape index (κ1) is 14.1. The molecule has 0 aromatic heterocycles. The molecular weight excluding hydrogens is 275 g/mol. The van der Waals surface area contributed by atoms with Gasteiger partial charge in [0, 0.05) is 5.88 Å². The molecule has 1 N–H and O–H groups in total. The van der Waals surface area contributed by atoms with E-state index in [-0.39, 0.29) is 17.0 Å². The lowest BCUT2D eigenvalue weighted by molar-refractivity contribution is -0.274. The van der Waals surface area contributed by atoms with Crippen molar-refractivity contribution in [2.24, 2.45) is 0 Å². The van der Waals surface area contributed by atoms with Gasteiger partial charge in [0.05, 0.1) is 11.6 Å². The van der Waals surface area contributed by atoms with E-state index < -0.39 is 23.6 Å². The van der Waals surface area contributed by atoms with Crippen LogP contribution in [0.3, 0.4) is 0 Å². The molecule has 0 saturated heterocycles. The molecule has 8 heteroatoms. The van der Waals surface area contributed by atoms with Gasteiger partial charge < -0.3 is 9.84 Å². The highest BCUT2D eigenvalue weighted by Gasteiger charge is 2.33. The third kappa shape index (κ3) is 3.28. The molecule has 0 heterocycles. The number of carboxylic acids is 1. The number of halogens is 4. The minimum absolute atomic E-state index is 0.117. The maximum atomic E-state index is 12.1. The fraction of sp³-hybridized carbons (Fsp3) is 0.200. The van der Waals surface area contributed by atoms with Gasteiger partial charge in [-0.15, -0.1) is 24.8 Å². The Labute approximate surface area is 104 Å². The highest BCUT2D eigenvalue weighted by Crippen LogP contribution is 2.29. The summed E-state index contributed by atoms with van der Waals surface area (Å²) in [5.41, 5.74) is -0.762. The molecular formula is C10H5ClF3NO3. The molecule has 1 aromatic rings. The first-order valence-electron chi connectivity index (χ1n) is 4.40. The smallest absolute Gasteiger partial charge is 0.478 e. The Hall–Kier alpha value is -1.94. The summed E-state index contributed by atoms with van der Waals surface area (Å²) < 4.78 is 39.8. The maximum Gasteiger partial charge on any atom is 0.573 e. The second-order valence-electron chi connectivity index (χ2n) is 3.10. The monoisotopic (exact) mass is 279 g/mol. The fourth-order valence-corrected chi connectivity index (χ4v) is 1.44. The third-order valence-corrected chi connectivity index (χ3v) is 2.21. The zero-order chi connectivity index (χ0) is 13.9. The van der Waals surface area contributed by atoms with Gasteiger partial charge in [0.2, 0.25) is 0 Å². The zero-order valence-corrected chi connectivity index (χ0v) is 9.34. The van der Waals surface area contributed by atoms with E-state index in [0.717, 1.165) is 6.07 Å². The summed E-state index contributed by atoms with van der Waals surface area (Å²) in [6.45, 7) is 0. The van der Waals surface area contributed by atoms with Crippen molar-refractivity contribution < 1.29 is 27.8 Å². The van der Waals surface area contributed by atoms with Gasteiger partial charge in [-0.25, -0.2) is 4.79 Å². The molecule has 96 valence electrons. The summed E-state index contributed by atoms with van der Waals surface area (Å²) in [5.74, 6) is -2.75. The van der Waals surface area contributed by atoms with Crippen molar-refractivity contribution >= 4 is 17.6 Å². The van der Waals surface area contributed by atoms with Gasteiger partial charge in [0.15, 0.2) is 0 Å². The topological polar surface area (TPSA) is 70.3 Å². The molecule has 0 aliphatic carbocycles. The second-order valence-corrected chi connectivity index (χ2v) is 3.37. The summed E-state index contributed by atoms with van der Waals surface area (Å²) >= 11 is 5.47. The molecule has 1 rings (SSSR count). The lowest BCUT2D eigenvalue weighted by Gasteiger charge is -2.12.